The number of aromatic nitrogens is 2. The van der Waals surface area contributed by atoms with E-state index in [1.807, 2.05) is 19.9 Å². The van der Waals surface area contributed by atoms with E-state index in [9.17, 15) is 0 Å². The van der Waals surface area contributed by atoms with Gasteiger partial charge in [0, 0.05) is 6.20 Å². The number of hydrogen-bond donors (Lipinski definition) is 0. The van der Waals surface area contributed by atoms with Crippen LogP contribution in [0, 0.1) is 13.8 Å². The minimum atomic E-state index is 0. The molecule has 1 rings (SSSR count). The molecule has 0 saturated carbocycles. The van der Waals surface area contributed by atoms with Crippen LogP contribution in [0.25, 0.3) is 0 Å². The molecule has 0 amide bonds. The predicted molar refractivity (Wildman–Crippen MR) is 38.8 cm³/mol. The molecule has 0 fully saturated rings. The van der Waals surface area contributed by atoms with Crippen LogP contribution in [0.5, 0.6) is 0 Å². The first-order chi connectivity index (χ1) is 3.80. The molecule has 0 bridgehead atoms. The van der Waals surface area contributed by atoms with Crippen molar-refractivity contribution in [1.82, 2.24) is 10.2 Å². The summed E-state index contributed by atoms with van der Waals surface area (Å²) in [4.78, 5) is 0. The number of rotatable bonds is 0. The lowest BCUT2D eigenvalue weighted by atomic mass is 10.3. The quantitative estimate of drug-likeness (QED) is 0.552. The van der Waals surface area contributed by atoms with Crippen molar-refractivity contribution in [1.29, 1.82) is 0 Å². The largest absolute Gasteiger partial charge is 0.159 e. The zero-order valence-corrected chi connectivity index (χ0v) is 6.27. The zero-order valence-electron chi connectivity index (χ0n) is 5.46. The van der Waals surface area contributed by atoms with E-state index in [0.717, 1.165) is 5.69 Å². The first-order valence-electron chi connectivity index (χ1n) is 2.55. The van der Waals surface area contributed by atoms with Gasteiger partial charge in [-0.25, -0.2) is 0 Å². The van der Waals surface area contributed by atoms with Crippen molar-refractivity contribution in [2.75, 3.05) is 0 Å². The van der Waals surface area contributed by atoms with Gasteiger partial charge in [-0.05, 0) is 25.5 Å². The molecule has 9 heavy (non-hydrogen) atoms. The lowest BCUT2D eigenvalue weighted by molar-refractivity contribution is 0.961. The van der Waals surface area contributed by atoms with E-state index in [0.29, 0.717) is 0 Å². The lowest BCUT2D eigenvalue weighted by Gasteiger charge is -1.91. The van der Waals surface area contributed by atoms with Gasteiger partial charge in [0.1, 0.15) is 0 Å². The monoisotopic (exact) mass is 144 g/mol. The Morgan fingerprint density at radius 2 is 2.00 bits per heavy atom. The van der Waals surface area contributed by atoms with Crippen molar-refractivity contribution in [3.63, 3.8) is 0 Å². The van der Waals surface area contributed by atoms with Crippen LogP contribution in [-0.4, -0.2) is 10.2 Å². The maximum Gasteiger partial charge on any atom is 0.0629 e. The Morgan fingerprint density at radius 1 is 1.33 bits per heavy atom. The fourth-order valence-electron chi connectivity index (χ4n) is 0.465. The average Bonchev–Trinajstić information content (AvgIpc) is 1.77. The third kappa shape index (κ3) is 1.98. The Hall–Kier alpha value is -0.630. The normalized spacial score (nSPS) is 8.22. The third-order valence-electron chi connectivity index (χ3n) is 1.17. The number of halogens is 1. The summed E-state index contributed by atoms with van der Waals surface area (Å²) in [5, 5.41) is 7.52. The summed E-state index contributed by atoms with van der Waals surface area (Å²) >= 11 is 0. The van der Waals surface area contributed by atoms with Crippen LogP contribution in [0.4, 0.5) is 0 Å². The van der Waals surface area contributed by atoms with Gasteiger partial charge in [-0.1, -0.05) is 0 Å². The molecular formula is C6H9ClN2. The molecule has 0 spiro atoms. The van der Waals surface area contributed by atoms with Gasteiger partial charge in [0.15, 0.2) is 0 Å². The molecule has 0 unspecified atom stereocenters. The van der Waals surface area contributed by atoms with E-state index >= 15 is 0 Å². The molecule has 0 aromatic carbocycles. The molecule has 50 valence electrons. The Balaban J connectivity index is 0.000000640. The van der Waals surface area contributed by atoms with Crippen molar-refractivity contribution >= 4 is 12.4 Å². The second-order valence-corrected chi connectivity index (χ2v) is 1.80. The van der Waals surface area contributed by atoms with Crippen molar-refractivity contribution in [2.24, 2.45) is 0 Å². The van der Waals surface area contributed by atoms with Crippen molar-refractivity contribution < 1.29 is 0 Å². The standard InChI is InChI=1S/C6H8N2.ClH/c1-5-3-4-7-8-6(5)2;/h3-4H,1-2H3;1H. The van der Waals surface area contributed by atoms with Crippen molar-refractivity contribution in [3.8, 4) is 0 Å². The first-order valence-corrected chi connectivity index (χ1v) is 2.55. The molecule has 0 saturated heterocycles. The lowest BCUT2D eigenvalue weighted by Crippen LogP contribution is -1.86. The number of hydrogen-bond acceptors (Lipinski definition) is 2. The second kappa shape index (κ2) is 3.41. The molecule has 0 atom stereocenters. The van der Waals surface area contributed by atoms with E-state index in [1.165, 1.54) is 5.56 Å². The SMILES string of the molecule is Cc1ccnnc1C.Cl. The van der Waals surface area contributed by atoms with Crippen molar-refractivity contribution in [3.05, 3.63) is 23.5 Å². The molecular weight excluding hydrogens is 136 g/mol. The smallest absolute Gasteiger partial charge is 0.0629 e. The molecule has 0 aliphatic carbocycles. The van der Waals surface area contributed by atoms with E-state index in [2.05, 4.69) is 10.2 Å². The molecule has 0 aliphatic heterocycles. The minimum absolute atomic E-state index is 0. The topological polar surface area (TPSA) is 25.8 Å². The number of aryl methyl sites for hydroxylation is 2. The van der Waals surface area contributed by atoms with Gasteiger partial charge < -0.3 is 0 Å². The fraction of sp³-hybridized carbons (Fsp3) is 0.333. The summed E-state index contributed by atoms with van der Waals surface area (Å²) in [6.07, 6.45) is 1.70. The molecule has 0 aliphatic rings. The van der Waals surface area contributed by atoms with Crippen LogP contribution < -0.4 is 0 Å². The Kier molecular flexibility index (Phi) is 3.17. The van der Waals surface area contributed by atoms with Crippen molar-refractivity contribution in [2.45, 2.75) is 13.8 Å². The van der Waals surface area contributed by atoms with E-state index in [-0.39, 0.29) is 12.4 Å². The highest BCUT2D eigenvalue weighted by molar-refractivity contribution is 5.85. The van der Waals surface area contributed by atoms with Gasteiger partial charge in [-0.2, -0.15) is 10.2 Å². The van der Waals surface area contributed by atoms with Crippen LogP contribution >= 0.6 is 12.4 Å². The second-order valence-electron chi connectivity index (χ2n) is 1.80. The molecule has 2 nitrogen and oxygen atoms in total. The fourth-order valence-corrected chi connectivity index (χ4v) is 0.465. The van der Waals surface area contributed by atoms with Gasteiger partial charge in [-0.15, -0.1) is 12.4 Å². The van der Waals surface area contributed by atoms with E-state index in [4.69, 9.17) is 0 Å². The van der Waals surface area contributed by atoms with E-state index in [1.54, 1.807) is 6.20 Å². The third-order valence-corrected chi connectivity index (χ3v) is 1.17. The van der Waals surface area contributed by atoms with Crippen LogP contribution in [-0.2, 0) is 0 Å². The van der Waals surface area contributed by atoms with Gasteiger partial charge in [0.05, 0.1) is 5.69 Å². The molecule has 1 aromatic rings. The molecule has 1 heterocycles. The van der Waals surface area contributed by atoms with Gasteiger partial charge in [0.2, 0.25) is 0 Å². The van der Waals surface area contributed by atoms with Crippen LogP contribution in [0.3, 0.4) is 0 Å². The first kappa shape index (κ1) is 8.37. The summed E-state index contributed by atoms with van der Waals surface area (Å²) < 4.78 is 0. The maximum absolute atomic E-state index is 3.83. The zero-order chi connectivity index (χ0) is 5.98. The van der Waals surface area contributed by atoms with Gasteiger partial charge in [0.25, 0.3) is 0 Å². The molecule has 3 heteroatoms. The Labute approximate surface area is 60.7 Å². The summed E-state index contributed by atoms with van der Waals surface area (Å²) in [5.74, 6) is 0. The number of nitrogens with zero attached hydrogens (tertiary/aromatic N) is 2. The van der Waals surface area contributed by atoms with Gasteiger partial charge in [-0.3, -0.25) is 0 Å². The maximum atomic E-state index is 3.83. The highest BCUT2D eigenvalue weighted by Crippen LogP contribution is 1.96. The summed E-state index contributed by atoms with van der Waals surface area (Å²) in [6.45, 7) is 3.96. The predicted octanol–water partition coefficient (Wildman–Crippen LogP) is 1.52. The molecule has 0 N–H and O–H groups in total. The highest BCUT2D eigenvalue weighted by atomic mass is 35.5. The Bertz CT molecular complexity index is 167. The van der Waals surface area contributed by atoms with Crippen LogP contribution in [0.1, 0.15) is 11.3 Å². The van der Waals surface area contributed by atoms with Crippen LogP contribution in [0.15, 0.2) is 12.3 Å². The summed E-state index contributed by atoms with van der Waals surface area (Å²) in [7, 11) is 0. The highest BCUT2D eigenvalue weighted by Gasteiger charge is 1.86. The van der Waals surface area contributed by atoms with Crippen LogP contribution in [0.2, 0.25) is 0 Å². The summed E-state index contributed by atoms with van der Waals surface area (Å²) in [6, 6.07) is 1.95. The molecule has 0 radical (unpaired) electrons. The Morgan fingerprint density at radius 3 is 2.33 bits per heavy atom. The summed E-state index contributed by atoms with van der Waals surface area (Å²) in [5.41, 5.74) is 2.20. The average molecular weight is 145 g/mol. The minimum Gasteiger partial charge on any atom is -0.159 e. The van der Waals surface area contributed by atoms with Gasteiger partial charge >= 0.3 is 0 Å². The molecule has 1 aromatic heterocycles. The van der Waals surface area contributed by atoms with E-state index < -0.39 is 0 Å².